The number of likely N-dealkylation sites (tertiary alicyclic amines) is 1. The third-order valence-electron chi connectivity index (χ3n) is 3.60. The van der Waals surface area contributed by atoms with E-state index in [2.05, 4.69) is 30.1 Å². The summed E-state index contributed by atoms with van der Waals surface area (Å²) in [5.74, 6) is 0. The molecule has 0 spiro atoms. The average Bonchev–Trinajstić information content (AvgIpc) is 2.31. The fourth-order valence-electron chi connectivity index (χ4n) is 2.75. The molecule has 0 radical (unpaired) electrons. The van der Waals surface area contributed by atoms with Gasteiger partial charge in [-0.15, -0.1) is 0 Å². The molecule has 0 aliphatic carbocycles. The summed E-state index contributed by atoms with van der Waals surface area (Å²) in [5, 5.41) is 3.62. The summed E-state index contributed by atoms with van der Waals surface area (Å²) in [4.78, 5) is 2.56. The van der Waals surface area contributed by atoms with Crippen LogP contribution in [0.15, 0.2) is 18.2 Å². The van der Waals surface area contributed by atoms with E-state index in [1.54, 1.807) is 0 Å². The van der Waals surface area contributed by atoms with Gasteiger partial charge >= 0.3 is 0 Å². The number of benzene rings is 1. The maximum atomic E-state index is 5.88. The van der Waals surface area contributed by atoms with E-state index in [1.165, 1.54) is 50.1 Å². The molecule has 1 aliphatic rings. The zero-order chi connectivity index (χ0) is 13.0. The van der Waals surface area contributed by atoms with E-state index in [0.717, 1.165) is 5.69 Å². The molecule has 0 saturated carbocycles. The summed E-state index contributed by atoms with van der Waals surface area (Å²) in [5.41, 5.74) is 9.12. The Bertz CT molecular complexity index is 361. The largest absolute Gasteiger partial charge is 0.399 e. The number of nitrogen functional groups attached to an aromatic ring is 1. The molecule has 0 amide bonds. The monoisotopic (exact) mass is 247 g/mol. The van der Waals surface area contributed by atoms with Gasteiger partial charge in [-0.3, -0.25) is 0 Å². The fourth-order valence-corrected chi connectivity index (χ4v) is 2.75. The third-order valence-corrected chi connectivity index (χ3v) is 3.60. The predicted octanol–water partition coefficient (Wildman–Crippen LogP) is 2.86. The third kappa shape index (κ3) is 3.64. The van der Waals surface area contributed by atoms with Gasteiger partial charge in [-0.1, -0.05) is 6.92 Å². The molecule has 3 heteroatoms. The van der Waals surface area contributed by atoms with Crippen LogP contribution in [0.5, 0.6) is 0 Å². The number of nitrogens with two attached hydrogens (primary N) is 1. The van der Waals surface area contributed by atoms with Gasteiger partial charge in [-0.25, -0.2) is 0 Å². The van der Waals surface area contributed by atoms with Crippen LogP contribution in [-0.2, 0) is 0 Å². The molecular weight excluding hydrogens is 222 g/mol. The van der Waals surface area contributed by atoms with Gasteiger partial charge in [0.05, 0.1) is 0 Å². The minimum absolute atomic E-state index is 0.597. The molecule has 1 aromatic rings. The molecule has 3 N–H and O–H groups in total. The smallest absolute Gasteiger partial charge is 0.0365 e. The Morgan fingerprint density at radius 3 is 2.61 bits per heavy atom. The first-order valence-electron chi connectivity index (χ1n) is 7.03. The zero-order valence-corrected chi connectivity index (χ0v) is 11.6. The molecular formula is C15H25N3. The van der Waals surface area contributed by atoms with E-state index in [-0.39, 0.29) is 0 Å². The molecule has 1 aliphatic heterocycles. The van der Waals surface area contributed by atoms with Crippen molar-refractivity contribution in [1.29, 1.82) is 0 Å². The van der Waals surface area contributed by atoms with Crippen LogP contribution in [0.3, 0.4) is 0 Å². The number of nitrogens with one attached hydrogen (secondary N) is 1. The van der Waals surface area contributed by atoms with Crippen molar-refractivity contribution < 1.29 is 0 Å². The van der Waals surface area contributed by atoms with Crippen LogP contribution in [0.25, 0.3) is 0 Å². The summed E-state index contributed by atoms with van der Waals surface area (Å²) in [7, 11) is 0. The number of nitrogens with zero attached hydrogens (tertiary/aromatic N) is 1. The van der Waals surface area contributed by atoms with Crippen LogP contribution in [0.4, 0.5) is 11.4 Å². The molecule has 0 bridgehead atoms. The van der Waals surface area contributed by atoms with Crippen molar-refractivity contribution in [3.8, 4) is 0 Å². The summed E-state index contributed by atoms with van der Waals surface area (Å²) < 4.78 is 0. The Morgan fingerprint density at radius 1 is 1.28 bits per heavy atom. The van der Waals surface area contributed by atoms with Gasteiger partial charge < -0.3 is 16.0 Å². The van der Waals surface area contributed by atoms with Crippen molar-refractivity contribution in [3.63, 3.8) is 0 Å². The Kier molecular flexibility index (Phi) is 4.48. The number of anilines is 2. The molecule has 0 atom stereocenters. The highest BCUT2D eigenvalue weighted by Crippen LogP contribution is 2.20. The Hall–Kier alpha value is -1.22. The lowest BCUT2D eigenvalue weighted by Crippen LogP contribution is -2.39. The quantitative estimate of drug-likeness (QED) is 0.804. The van der Waals surface area contributed by atoms with Crippen molar-refractivity contribution in [2.75, 3.05) is 30.7 Å². The van der Waals surface area contributed by atoms with Crippen LogP contribution in [0, 0.1) is 6.92 Å². The summed E-state index contributed by atoms with van der Waals surface area (Å²) in [6, 6.07) is 6.81. The maximum absolute atomic E-state index is 5.88. The normalized spacial score (nSPS) is 17.9. The van der Waals surface area contributed by atoms with Gasteiger partial charge in [0.2, 0.25) is 0 Å². The Morgan fingerprint density at radius 2 is 2.00 bits per heavy atom. The fraction of sp³-hybridized carbons (Fsp3) is 0.600. The molecule has 2 rings (SSSR count). The highest BCUT2D eigenvalue weighted by molar-refractivity contribution is 5.57. The van der Waals surface area contributed by atoms with Crippen LogP contribution in [-0.4, -0.2) is 30.6 Å². The molecule has 1 heterocycles. The number of rotatable bonds is 4. The minimum Gasteiger partial charge on any atom is -0.399 e. The molecule has 3 nitrogen and oxygen atoms in total. The molecule has 1 saturated heterocycles. The predicted molar refractivity (Wildman–Crippen MR) is 79.0 cm³/mol. The van der Waals surface area contributed by atoms with Crippen LogP contribution < -0.4 is 11.1 Å². The van der Waals surface area contributed by atoms with Crippen LogP contribution in [0.2, 0.25) is 0 Å². The first-order valence-corrected chi connectivity index (χ1v) is 7.03. The van der Waals surface area contributed by atoms with E-state index in [1.807, 2.05) is 12.1 Å². The lowest BCUT2D eigenvalue weighted by molar-refractivity contribution is 0.219. The van der Waals surface area contributed by atoms with Crippen LogP contribution in [0.1, 0.15) is 31.7 Å². The summed E-state index contributed by atoms with van der Waals surface area (Å²) in [6.45, 7) is 8.01. The second-order valence-electron chi connectivity index (χ2n) is 5.39. The van der Waals surface area contributed by atoms with E-state index < -0.39 is 0 Å². The van der Waals surface area contributed by atoms with E-state index in [9.17, 15) is 0 Å². The van der Waals surface area contributed by atoms with Crippen molar-refractivity contribution in [1.82, 2.24) is 4.90 Å². The van der Waals surface area contributed by atoms with Crippen molar-refractivity contribution >= 4 is 11.4 Å². The highest BCUT2D eigenvalue weighted by atomic mass is 15.1. The second kappa shape index (κ2) is 6.10. The average molecular weight is 247 g/mol. The molecule has 1 fully saturated rings. The minimum atomic E-state index is 0.597. The number of hydrogen-bond donors (Lipinski definition) is 2. The van der Waals surface area contributed by atoms with Crippen LogP contribution >= 0.6 is 0 Å². The molecule has 100 valence electrons. The maximum Gasteiger partial charge on any atom is 0.0365 e. The van der Waals surface area contributed by atoms with Crippen molar-refractivity contribution in [2.45, 2.75) is 39.2 Å². The summed E-state index contributed by atoms with van der Waals surface area (Å²) >= 11 is 0. The first kappa shape index (κ1) is 13.2. The van der Waals surface area contributed by atoms with E-state index in [0.29, 0.717) is 6.04 Å². The number of piperidine rings is 1. The second-order valence-corrected chi connectivity index (χ2v) is 5.39. The molecule has 1 aromatic carbocycles. The van der Waals surface area contributed by atoms with Gasteiger partial charge in [0.15, 0.2) is 0 Å². The number of aryl methyl sites for hydroxylation is 1. The Balaban J connectivity index is 1.87. The van der Waals surface area contributed by atoms with E-state index in [4.69, 9.17) is 5.73 Å². The Labute approximate surface area is 110 Å². The van der Waals surface area contributed by atoms with Gasteiger partial charge in [0.1, 0.15) is 0 Å². The van der Waals surface area contributed by atoms with Gasteiger partial charge in [-0.2, -0.15) is 0 Å². The summed E-state index contributed by atoms with van der Waals surface area (Å²) in [6.07, 6.45) is 3.72. The number of hydrogen-bond acceptors (Lipinski definition) is 3. The topological polar surface area (TPSA) is 41.3 Å². The molecule has 0 unspecified atom stereocenters. The SMILES string of the molecule is CCCN1CCC(Nc2cc(C)cc(N)c2)CC1. The molecule has 18 heavy (non-hydrogen) atoms. The van der Waals surface area contributed by atoms with E-state index >= 15 is 0 Å². The lowest BCUT2D eigenvalue weighted by atomic mass is 10.0. The van der Waals surface area contributed by atoms with Crippen molar-refractivity contribution in [2.24, 2.45) is 0 Å². The zero-order valence-electron chi connectivity index (χ0n) is 11.6. The van der Waals surface area contributed by atoms with Gasteiger partial charge in [-0.05, 0) is 56.5 Å². The molecule has 0 aromatic heterocycles. The van der Waals surface area contributed by atoms with Crippen molar-refractivity contribution in [3.05, 3.63) is 23.8 Å². The lowest BCUT2D eigenvalue weighted by Gasteiger charge is -2.32. The first-order chi connectivity index (χ1) is 8.67. The standard InChI is InChI=1S/C15H25N3/c1-3-6-18-7-4-14(5-8-18)17-15-10-12(2)9-13(16)11-15/h9-11,14,17H,3-8,16H2,1-2H3. The van der Waals surface area contributed by atoms with Gasteiger partial charge in [0.25, 0.3) is 0 Å². The highest BCUT2D eigenvalue weighted by Gasteiger charge is 2.18. The van der Waals surface area contributed by atoms with Gasteiger partial charge in [0, 0.05) is 30.5 Å².